The maximum absolute atomic E-state index is 14.6. The normalized spacial score (nSPS) is 18.5. The average Bonchev–Trinajstić information content (AvgIpc) is 3.60. The molecule has 2 aromatic carbocycles. The van der Waals surface area contributed by atoms with Gasteiger partial charge in [-0.15, -0.1) is 0 Å². The summed E-state index contributed by atoms with van der Waals surface area (Å²) in [5.41, 5.74) is 0.140. The molecule has 0 N–H and O–H groups in total. The molecule has 0 saturated carbocycles. The molecule has 21 heteroatoms. The molecule has 0 aliphatic carbocycles. The van der Waals surface area contributed by atoms with Crippen LogP contribution in [0.2, 0.25) is 0 Å². The number of thioether (sulfide) groups is 1. The Bertz CT molecular complexity index is 1930. The Labute approximate surface area is 352 Å². The molecule has 2 aliphatic rings. The molecule has 19 nitrogen and oxygen atoms in total. The first-order valence-electron chi connectivity index (χ1n) is 19.3. The second kappa shape index (κ2) is 21.6. The first kappa shape index (κ1) is 47.8. The van der Waals surface area contributed by atoms with Crippen molar-refractivity contribution in [2.45, 2.75) is 110 Å². The predicted molar refractivity (Wildman–Crippen MR) is 223 cm³/mol. The molecule has 2 fully saturated rings. The molecular formula is C39H52N5O14PS. The Kier molecular flexibility index (Phi) is 17.2. The molecule has 4 unspecified atom stereocenters. The van der Waals surface area contributed by atoms with Gasteiger partial charge in [-0.3, -0.25) is 39.7 Å². The van der Waals surface area contributed by atoms with E-state index in [9.17, 15) is 39.4 Å². The van der Waals surface area contributed by atoms with Crippen LogP contribution in [0.3, 0.4) is 0 Å². The Morgan fingerprint density at radius 2 is 1.35 bits per heavy atom. The topological polar surface area (TPSA) is 229 Å². The SMILES string of the molecule is CN=CN1CCC(SC(=O)CC2C(C(C)OC(=O)OCc3ccc([N+](=O)[O-])cc3)C(=O)N2C(C(=O)OCc2ccc([N+](=O)[O-])cc2)=P(OC(C)C)(OC(C)C)OC(C)C)C1. The Morgan fingerprint density at radius 3 is 1.82 bits per heavy atom. The van der Waals surface area contributed by atoms with Gasteiger partial charge in [-0.2, -0.15) is 0 Å². The van der Waals surface area contributed by atoms with E-state index in [1.165, 1.54) is 55.5 Å². The molecule has 4 atom stereocenters. The smallest absolute Gasteiger partial charge is 0.456 e. The number of aliphatic imine (C=N–C) groups is 1. The zero-order valence-corrected chi connectivity index (χ0v) is 36.5. The molecule has 0 spiro atoms. The van der Waals surface area contributed by atoms with Gasteiger partial charge >= 0.3 is 12.1 Å². The number of carbonyl (C=O) groups is 4. The molecule has 1 amide bonds. The highest BCUT2D eigenvalue weighted by Crippen LogP contribution is 2.58. The molecule has 2 saturated heterocycles. The number of hydrogen-bond donors (Lipinski definition) is 0. The summed E-state index contributed by atoms with van der Waals surface area (Å²) < 4.78 is 35.8. The quantitative estimate of drug-likeness (QED) is 0.0257. The summed E-state index contributed by atoms with van der Waals surface area (Å²) in [6.45, 7) is 12.3. The summed E-state index contributed by atoms with van der Waals surface area (Å²) in [6.07, 6.45) is -2.03. The standard InChI is InChI=1S/C39H52N5O14PS/c1-24(2)56-59(57-25(3)4,58-26(5)6)37(38(47)53-21-28-9-13-30(14-10-28)43(49)50)42-33(19-34(45)60-32-17-18-41(20-32)23-40-8)35(36(42)46)27(7)55-39(48)54-22-29-11-15-31(16-12-29)44(51)52/h9-16,23-27,32-33,35H,17-22H2,1-8H3. The number of benzene rings is 2. The van der Waals surface area contributed by atoms with E-state index >= 15 is 0 Å². The number of likely N-dealkylation sites (tertiary alicyclic amines) is 2. The number of β-lactam (4-membered cyclic amide) rings is 1. The number of ether oxygens (including phenoxy) is 3. The van der Waals surface area contributed by atoms with Crippen LogP contribution >= 0.6 is 19.3 Å². The van der Waals surface area contributed by atoms with Crippen molar-refractivity contribution in [2.75, 3.05) is 20.1 Å². The van der Waals surface area contributed by atoms with Crippen molar-refractivity contribution >= 4 is 65.6 Å². The third-order valence-corrected chi connectivity index (χ3v) is 13.1. The van der Waals surface area contributed by atoms with Crippen LogP contribution in [0.5, 0.6) is 0 Å². The number of nitro groups is 2. The highest BCUT2D eigenvalue weighted by Gasteiger charge is 2.58. The lowest BCUT2D eigenvalue weighted by Gasteiger charge is -2.50. The first-order valence-corrected chi connectivity index (χ1v) is 21.7. The molecule has 0 bridgehead atoms. The number of carbonyl (C=O) groups excluding carboxylic acids is 4. The number of nitro benzene ring substituents is 2. The number of rotatable bonds is 20. The van der Waals surface area contributed by atoms with E-state index in [4.69, 9.17) is 27.8 Å². The van der Waals surface area contributed by atoms with Crippen LogP contribution in [-0.4, -0.2) is 110 Å². The number of non-ortho nitro benzene ring substituents is 2. The van der Waals surface area contributed by atoms with Crippen molar-refractivity contribution < 1.29 is 56.8 Å². The van der Waals surface area contributed by atoms with Crippen LogP contribution < -0.4 is 0 Å². The van der Waals surface area contributed by atoms with Crippen LogP contribution in [0.25, 0.3) is 0 Å². The average molecular weight is 878 g/mol. The van der Waals surface area contributed by atoms with E-state index in [0.29, 0.717) is 30.6 Å². The fourth-order valence-corrected chi connectivity index (χ4v) is 10.6. The summed E-state index contributed by atoms with van der Waals surface area (Å²) in [5.74, 6) is -2.93. The molecular weight excluding hydrogens is 825 g/mol. The third kappa shape index (κ3) is 12.8. The lowest BCUT2D eigenvalue weighted by atomic mass is 9.81. The van der Waals surface area contributed by atoms with E-state index in [-0.39, 0.29) is 41.4 Å². The van der Waals surface area contributed by atoms with Crippen molar-refractivity contribution in [1.29, 1.82) is 0 Å². The first-order chi connectivity index (χ1) is 28.3. The van der Waals surface area contributed by atoms with E-state index < -0.39 is 77.2 Å². The minimum Gasteiger partial charge on any atom is -0.456 e. The van der Waals surface area contributed by atoms with Crippen molar-refractivity contribution in [1.82, 2.24) is 9.80 Å². The van der Waals surface area contributed by atoms with Crippen LogP contribution in [0.15, 0.2) is 53.5 Å². The lowest BCUT2D eigenvalue weighted by Crippen LogP contribution is -2.68. The van der Waals surface area contributed by atoms with Crippen molar-refractivity contribution in [3.05, 3.63) is 79.9 Å². The van der Waals surface area contributed by atoms with Crippen LogP contribution in [0, 0.1) is 26.1 Å². The maximum Gasteiger partial charge on any atom is 0.508 e. The number of esters is 1. The molecule has 60 heavy (non-hydrogen) atoms. The molecule has 328 valence electrons. The molecule has 2 heterocycles. The largest absolute Gasteiger partial charge is 0.508 e. The Balaban J connectivity index is 1.73. The summed E-state index contributed by atoms with van der Waals surface area (Å²) in [6, 6.07) is 9.64. The van der Waals surface area contributed by atoms with Gasteiger partial charge in [0.25, 0.3) is 18.9 Å². The minimum absolute atomic E-state index is 0.0826. The minimum atomic E-state index is -4.05. The molecule has 0 radical (unpaired) electrons. The zero-order chi connectivity index (χ0) is 44.3. The summed E-state index contributed by atoms with van der Waals surface area (Å²) in [7, 11) is -2.39. The number of hydrogen-bond acceptors (Lipinski definition) is 16. The van der Waals surface area contributed by atoms with Gasteiger partial charge in [0.15, 0.2) is 5.12 Å². The summed E-state index contributed by atoms with van der Waals surface area (Å²) in [4.78, 5) is 84.4. The second-order valence-electron chi connectivity index (χ2n) is 14.8. The molecule has 4 rings (SSSR count). The van der Waals surface area contributed by atoms with Gasteiger partial charge in [0.05, 0.1) is 46.5 Å². The Hall–Kier alpha value is -4.88. The van der Waals surface area contributed by atoms with E-state index in [2.05, 4.69) is 4.99 Å². The highest BCUT2D eigenvalue weighted by atomic mass is 32.2. The van der Waals surface area contributed by atoms with Crippen molar-refractivity contribution in [3.8, 4) is 0 Å². The van der Waals surface area contributed by atoms with Gasteiger partial charge in [-0.05, 0) is 90.3 Å². The number of amides is 1. The fourth-order valence-electron chi connectivity index (χ4n) is 6.53. The monoisotopic (exact) mass is 877 g/mol. The van der Waals surface area contributed by atoms with Gasteiger partial charge in [0.2, 0.25) is 11.3 Å². The van der Waals surface area contributed by atoms with Gasteiger partial charge in [-0.25, -0.2) is 9.59 Å². The van der Waals surface area contributed by atoms with Gasteiger partial charge < -0.3 is 32.7 Å². The fraction of sp³-hybridized carbons (Fsp3) is 0.538. The molecule has 2 aromatic rings. The van der Waals surface area contributed by atoms with E-state index in [1.807, 2.05) is 4.90 Å². The van der Waals surface area contributed by atoms with Gasteiger partial charge in [0.1, 0.15) is 19.3 Å². The van der Waals surface area contributed by atoms with Crippen LogP contribution in [-0.2, 0) is 55.4 Å². The van der Waals surface area contributed by atoms with E-state index in [1.54, 1.807) is 54.9 Å². The maximum atomic E-state index is 14.6. The van der Waals surface area contributed by atoms with Crippen molar-refractivity contribution in [3.63, 3.8) is 0 Å². The summed E-state index contributed by atoms with van der Waals surface area (Å²) in [5, 5.41) is 21.9. The third-order valence-electron chi connectivity index (χ3n) is 8.93. The van der Waals surface area contributed by atoms with Gasteiger partial charge in [0, 0.05) is 56.1 Å². The lowest BCUT2D eigenvalue weighted by molar-refractivity contribution is -0.385. The predicted octanol–water partition coefficient (Wildman–Crippen LogP) is 6.66. The molecule has 0 aromatic heterocycles. The van der Waals surface area contributed by atoms with Gasteiger partial charge in [-0.1, -0.05) is 11.8 Å². The van der Waals surface area contributed by atoms with Crippen LogP contribution in [0.1, 0.15) is 72.4 Å². The highest BCUT2D eigenvalue weighted by molar-refractivity contribution is 8.14. The zero-order valence-electron chi connectivity index (χ0n) is 34.8. The molecule has 2 aliphatic heterocycles. The van der Waals surface area contributed by atoms with Crippen LogP contribution in [0.4, 0.5) is 16.2 Å². The second-order valence-corrected chi connectivity index (χ2v) is 18.3. The Morgan fingerprint density at radius 1 is 0.850 bits per heavy atom. The number of nitrogens with zero attached hydrogens (tertiary/aromatic N) is 5. The van der Waals surface area contributed by atoms with Crippen molar-refractivity contribution in [2.24, 2.45) is 10.9 Å². The van der Waals surface area contributed by atoms with E-state index in [0.717, 1.165) is 16.7 Å². The summed E-state index contributed by atoms with van der Waals surface area (Å²) >= 11 is 1.11.